The van der Waals surface area contributed by atoms with E-state index in [9.17, 15) is 9.59 Å². The summed E-state index contributed by atoms with van der Waals surface area (Å²) in [6.45, 7) is 0.209. The van der Waals surface area contributed by atoms with Crippen LogP contribution in [0.3, 0.4) is 0 Å². The average Bonchev–Trinajstić information content (AvgIpc) is 2.97. The number of carbonyl (C=O) groups excluding carboxylic acids is 1. The molecule has 17 heavy (non-hydrogen) atoms. The van der Waals surface area contributed by atoms with Gasteiger partial charge in [0.05, 0.1) is 6.10 Å². The molecule has 0 radical (unpaired) electrons. The fourth-order valence-corrected chi connectivity index (χ4v) is 1.81. The van der Waals surface area contributed by atoms with Gasteiger partial charge >= 0.3 is 5.97 Å². The lowest BCUT2D eigenvalue weighted by atomic mass is 10.2. The number of hydrogen-bond donors (Lipinski definition) is 2. The minimum Gasteiger partial charge on any atom is -0.480 e. The summed E-state index contributed by atoms with van der Waals surface area (Å²) >= 11 is 0. The summed E-state index contributed by atoms with van der Waals surface area (Å²) in [5, 5.41) is 21.5. The van der Waals surface area contributed by atoms with Crippen molar-refractivity contribution in [3.63, 3.8) is 0 Å². The molecule has 0 aliphatic carbocycles. The molecule has 0 bridgehead atoms. The molecule has 2 unspecified atom stereocenters. The van der Waals surface area contributed by atoms with E-state index in [0.29, 0.717) is 0 Å². The molecule has 1 saturated heterocycles. The second-order valence-corrected chi connectivity index (χ2v) is 3.64. The van der Waals surface area contributed by atoms with Gasteiger partial charge in [-0.25, -0.2) is 4.79 Å². The molecule has 1 amide bonds. The number of aliphatic carboxylic acids is 1. The zero-order chi connectivity index (χ0) is 12.4. The van der Waals surface area contributed by atoms with Gasteiger partial charge in [-0.1, -0.05) is 0 Å². The van der Waals surface area contributed by atoms with Crippen molar-refractivity contribution in [2.24, 2.45) is 0 Å². The van der Waals surface area contributed by atoms with Crippen LogP contribution in [0.1, 0.15) is 17.0 Å². The number of likely N-dealkylation sites (tertiary alicyclic amines) is 1. The number of nitrogens with one attached hydrogen (secondary N) is 1. The highest BCUT2D eigenvalue weighted by molar-refractivity contribution is 5.93. The molecule has 2 heterocycles. The molecule has 2 rings (SSSR count). The predicted octanol–water partition coefficient (Wildman–Crippen LogP) is -1.49. The largest absolute Gasteiger partial charge is 0.480 e. The predicted molar refractivity (Wildman–Crippen MR) is 52.1 cm³/mol. The van der Waals surface area contributed by atoms with Gasteiger partial charge in [0.2, 0.25) is 0 Å². The summed E-state index contributed by atoms with van der Waals surface area (Å²) < 4.78 is 5.07. The van der Waals surface area contributed by atoms with Crippen LogP contribution < -0.4 is 0 Å². The third kappa shape index (κ3) is 2.09. The summed E-state index contributed by atoms with van der Waals surface area (Å²) in [4.78, 5) is 24.1. The Labute approximate surface area is 95.7 Å². The number of methoxy groups -OCH3 is 1. The Hall–Kier alpha value is -2.03. The molecule has 2 atom stereocenters. The van der Waals surface area contributed by atoms with Gasteiger partial charge in [0.15, 0.2) is 0 Å². The maximum absolute atomic E-state index is 11.9. The Balaban J connectivity index is 2.18. The number of aromatic nitrogens is 4. The monoisotopic (exact) mass is 241 g/mol. The van der Waals surface area contributed by atoms with Crippen molar-refractivity contribution in [3.8, 4) is 0 Å². The highest BCUT2D eigenvalue weighted by Crippen LogP contribution is 2.21. The minimum absolute atomic E-state index is 0.145. The first-order valence-corrected chi connectivity index (χ1v) is 4.93. The summed E-state index contributed by atoms with van der Waals surface area (Å²) in [6.07, 6.45) is -0.0259. The van der Waals surface area contributed by atoms with Crippen molar-refractivity contribution in [1.29, 1.82) is 0 Å². The van der Waals surface area contributed by atoms with Crippen LogP contribution in [-0.2, 0) is 9.53 Å². The van der Waals surface area contributed by atoms with Crippen LogP contribution in [0.15, 0.2) is 0 Å². The highest BCUT2D eigenvalue weighted by atomic mass is 16.5. The smallest absolute Gasteiger partial charge is 0.326 e. The number of amides is 1. The van der Waals surface area contributed by atoms with E-state index in [-0.39, 0.29) is 24.9 Å². The standard InChI is InChI=1S/C8H11N5O4/c1-17-4-2-5(8(15)16)13(3-4)7(14)6-9-11-12-10-6/h4-5H,2-3H2,1H3,(H,15,16)(H,9,10,11,12). The molecule has 0 saturated carbocycles. The summed E-state index contributed by atoms with van der Waals surface area (Å²) in [5.74, 6) is -1.78. The number of carboxylic acid groups (broad SMARTS) is 1. The Morgan fingerprint density at radius 3 is 2.88 bits per heavy atom. The van der Waals surface area contributed by atoms with E-state index in [1.54, 1.807) is 0 Å². The quantitative estimate of drug-likeness (QED) is 0.661. The van der Waals surface area contributed by atoms with Crippen LogP contribution >= 0.6 is 0 Å². The van der Waals surface area contributed by atoms with Crippen molar-refractivity contribution in [1.82, 2.24) is 25.5 Å². The number of tetrazole rings is 1. The topological polar surface area (TPSA) is 121 Å². The lowest BCUT2D eigenvalue weighted by molar-refractivity contribution is -0.141. The first kappa shape index (κ1) is 11.5. The lowest BCUT2D eigenvalue weighted by Crippen LogP contribution is -2.41. The van der Waals surface area contributed by atoms with E-state index in [1.807, 2.05) is 0 Å². The van der Waals surface area contributed by atoms with Gasteiger partial charge in [-0.15, -0.1) is 10.2 Å². The molecule has 1 fully saturated rings. The first-order chi connectivity index (χ1) is 8.13. The van der Waals surface area contributed by atoms with E-state index in [2.05, 4.69) is 20.6 Å². The summed E-state index contributed by atoms with van der Waals surface area (Å²) in [6, 6.07) is -0.911. The number of hydrogen-bond acceptors (Lipinski definition) is 6. The highest BCUT2D eigenvalue weighted by Gasteiger charge is 2.41. The van der Waals surface area contributed by atoms with Gasteiger partial charge in [0.1, 0.15) is 6.04 Å². The number of H-pyrrole nitrogens is 1. The second kappa shape index (κ2) is 4.45. The van der Waals surface area contributed by atoms with Crippen LogP contribution in [0.5, 0.6) is 0 Å². The number of nitrogens with zero attached hydrogens (tertiary/aromatic N) is 4. The van der Waals surface area contributed by atoms with Gasteiger partial charge in [0, 0.05) is 20.1 Å². The molecule has 9 heteroatoms. The molecule has 1 aromatic rings. The maximum Gasteiger partial charge on any atom is 0.326 e. The molecular formula is C8H11N5O4. The van der Waals surface area contributed by atoms with Crippen LogP contribution in [0.25, 0.3) is 0 Å². The maximum atomic E-state index is 11.9. The van der Waals surface area contributed by atoms with E-state index in [0.717, 1.165) is 0 Å². The number of carboxylic acids is 1. The zero-order valence-corrected chi connectivity index (χ0v) is 9.03. The SMILES string of the molecule is COC1CC(C(=O)O)N(C(=O)c2nn[nH]n2)C1. The number of ether oxygens (including phenoxy) is 1. The van der Waals surface area contributed by atoms with Gasteiger partial charge in [-0.2, -0.15) is 5.21 Å². The summed E-state index contributed by atoms with van der Waals surface area (Å²) in [7, 11) is 1.48. The average molecular weight is 241 g/mol. The third-order valence-corrected chi connectivity index (χ3v) is 2.68. The van der Waals surface area contributed by atoms with Crippen molar-refractivity contribution >= 4 is 11.9 Å². The van der Waals surface area contributed by atoms with E-state index in [4.69, 9.17) is 9.84 Å². The minimum atomic E-state index is -1.07. The van der Waals surface area contributed by atoms with Gasteiger partial charge in [-0.05, 0) is 5.21 Å². The fraction of sp³-hybridized carbons (Fsp3) is 0.625. The van der Waals surface area contributed by atoms with Gasteiger partial charge in [-0.3, -0.25) is 4.79 Å². The van der Waals surface area contributed by atoms with Gasteiger partial charge < -0.3 is 14.7 Å². The molecule has 92 valence electrons. The molecule has 1 aromatic heterocycles. The molecule has 1 aliphatic rings. The van der Waals surface area contributed by atoms with E-state index >= 15 is 0 Å². The fourth-order valence-electron chi connectivity index (χ4n) is 1.81. The molecule has 0 spiro atoms. The first-order valence-electron chi connectivity index (χ1n) is 4.93. The molecule has 0 aromatic carbocycles. The normalized spacial score (nSPS) is 23.9. The summed E-state index contributed by atoms with van der Waals surface area (Å²) in [5.41, 5.74) is 0. The number of carbonyl (C=O) groups is 2. The Morgan fingerprint density at radius 1 is 1.59 bits per heavy atom. The number of aromatic amines is 1. The van der Waals surface area contributed by atoms with Crippen LogP contribution in [-0.4, -0.2) is 68.3 Å². The van der Waals surface area contributed by atoms with Crippen molar-refractivity contribution in [3.05, 3.63) is 5.82 Å². The Morgan fingerprint density at radius 2 is 2.35 bits per heavy atom. The molecule has 1 aliphatic heterocycles. The lowest BCUT2D eigenvalue weighted by Gasteiger charge is -2.18. The van der Waals surface area contributed by atoms with Crippen LogP contribution in [0, 0.1) is 0 Å². The second-order valence-electron chi connectivity index (χ2n) is 3.64. The van der Waals surface area contributed by atoms with Gasteiger partial charge in [0.25, 0.3) is 11.7 Å². The third-order valence-electron chi connectivity index (χ3n) is 2.68. The Bertz CT molecular complexity index is 420. The molecule has 2 N–H and O–H groups in total. The van der Waals surface area contributed by atoms with E-state index < -0.39 is 17.9 Å². The molecule has 9 nitrogen and oxygen atoms in total. The Kier molecular flexibility index (Phi) is 3.00. The van der Waals surface area contributed by atoms with Crippen molar-refractivity contribution in [2.75, 3.05) is 13.7 Å². The van der Waals surface area contributed by atoms with E-state index in [1.165, 1.54) is 12.0 Å². The van der Waals surface area contributed by atoms with Crippen molar-refractivity contribution in [2.45, 2.75) is 18.6 Å². The zero-order valence-electron chi connectivity index (χ0n) is 9.03. The molecular weight excluding hydrogens is 230 g/mol. The number of rotatable bonds is 3. The van der Waals surface area contributed by atoms with Crippen LogP contribution in [0.2, 0.25) is 0 Å². The van der Waals surface area contributed by atoms with Crippen LogP contribution in [0.4, 0.5) is 0 Å². The van der Waals surface area contributed by atoms with Crippen molar-refractivity contribution < 1.29 is 19.4 Å².